The van der Waals surface area contributed by atoms with Gasteiger partial charge in [0.2, 0.25) is 0 Å². The summed E-state index contributed by atoms with van der Waals surface area (Å²) in [6, 6.07) is 0. The normalized spacial score (nSPS) is 36.0. The second kappa shape index (κ2) is 3.76. The molecule has 1 rings (SSSR count). The molecule has 0 saturated heterocycles. The van der Waals surface area contributed by atoms with Crippen molar-refractivity contribution >= 4 is 45.0 Å². The zero-order valence-corrected chi connectivity index (χ0v) is 8.85. The van der Waals surface area contributed by atoms with Crippen molar-refractivity contribution in [1.29, 1.82) is 0 Å². The lowest BCUT2D eigenvalue weighted by Gasteiger charge is -2.12. The lowest BCUT2D eigenvalue weighted by atomic mass is 10.4. The van der Waals surface area contributed by atoms with E-state index in [0.29, 0.717) is 10.5 Å². The fourth-order valence-electron chi connectivity index (χ4n) is 1.12. The van der Waals surface area contributed by atoms with Crippen molar-refractivity contribution in [3.8, 4) is 0 Å². The first-order valence-corrected chi connectivity index (χ1v) is 7.10. The average molecular weight is 250 g/mol. The van der Waals surface area contributed by atoms with Gasteiger partial charge in [0.05, 0.1) is 6.63 Å². The van der Waals surface area contributed by atoms with E-state index in [1.165, 1.54) is 19.3 Å². The summed E-state index contributed by atoms with van der Waals surface area (Å²) in [5, 5.41) is 0. The van der Waals surface area contributed by atoms with Crippen molar-refractivity contribution in [3.05, 3.63) is 0 Å². The minimum absolute atomic E-state index is 0.545. The van der Waals surface area contributed by atoms with E-state index in [1.54, 1.807) is 0 Å². The smallest absolute Gasteiger partial charge is 0.0883 e. The molecule has 0 aliphatic heterocycles. The van der Waals surface area contributed by atoms with Gasteiger partial charge < -0.3 is 0 Å². The lowest BCUT2D eigenvalue weighted by Crippen LogP contribution is -2.06. The third-order valence-electron chi connectivity index (χ3n) is 1.65. The maximum Gasteiger partial charge on any atom is 0.0897 e. The largest absolute Gasteiger partial charge is 0.0897 e. The third-order valence-corrected chi connectivity index (χ3v) is 5.78. The van der Waals surface area contributed by atoms with Crippen LogP contribution in [0.3, 0.4) is 0 Å². The van der Waals surface area contributed by atoms with Crippen LogP contribution in [-0.4, -0.2) is 10.5 Å². The molecule has 1 fully saturated rings. The van der Waals surface area contributed by atoms with E-state index in [2.05, 4.69) is 15.9 Å². The van der Waals surface area contributed by atoms with Gasteiger partial charge in [-0.05, 0) is 12.8 Å². The molecule has 2 atom stereocenters. The van der Waals surface area contributed by atoms with E-state index in [4.69, 9.17) is 22.5 Å². The standard InChI is InChI=1S/C5H8BrCl2P/c6-4-2-1-3-5(4)9(7)8/h4-5H,1-3H2. The van der Waals surface area contributed by atoms with Gasteiger partial charge in [-0.25, -0.2) is 0 Å². The Morgan fingerprint density at radius 3 is 2.22 bits per heavy atom. The summed E-state index contributed by atoms with van der Waals surface area (Å²) >= 11 is 15.1. The fourth-order valence-corrected chi connectivity index (χ4v) is 5.40. The molecule has 0 heterocycles. The van der Waals surface area contributed by atoms with Gasteiger partial charge in [0.1, 0.15) is 0 Å². The molecule has 0 spiro atoms. The highest BCUT2D eigenvalue weighted by Gasteiger charge is 2.29. The molecule has 0 radical (unpaired) electrons. The van der Waals surface area contributed by atoms with Crippen molar-refractivity contribution in [2.24, 2.45) is 0 Å². The predicted molar refractivity (Wildman–Crippen MR) is 49.0 cm³/mol. The third kappa shape index (κ3) is 2.22. The van der Waals surface area contributed by atoms with Crippen molar-refractivity contribution in [2.45, 2.75) is 29.7 Å². The molecular formula is C5H8BrCl2P. The summed E-state index contributed by atoms with van der Waals surface area (Å²) in [4.78, 5) is 0.582. The van der Waals surface area contributed by atoms with Crippen LogP contribution in [0.4, 0.5) is 0 Å². The lowest BCUT2D eigenvalue weighted by molar-refractivity contribution is 0.891. The molecule has 0 aromatic heterocycles. The summed E-state index contributed by atoms with van der Waals surface area (Å²) < 4.78 is 0. The van der Waals surface area contributed by atoms with Crippen LogP contribution in [0.1, 0.15) is 19.3 Å². The molecule has 0 N–H and O–H groups in total. The molecule has 0 aromatic rings. The minimum Gasteiger partial charge on any atom is -0.0883 e. The SMILES string of the molecule is ClP(Cl)C1CCCC1Br. The highest BCUT2D eigenvalue weighted by Crippen LogP contribution is 2.58. The molecular weight excluding hydrogens is 242 g/mol. The fraction of sp³-hybridized carbons (Fsp3) is 1.00. The summed E-state index contributed by atoms with van der Waals surface area (Å²) in [6.07, 6.45) is 3.72. The van der Waals surface area contributed by atoms with Crippen molar-refractivity contribution in [3.63, 3.8) is 0 Å². The van der Waals surface area contributed by atoms with Crippen LogP contribution in [0.2, 0.25) is 0 Å². The summed E-state index contributed by atoms with van der Waals surface area (Å²) in [5.74, 6) is 0. The molecule has 1 aliphatic carbocycles. The van der Waals surface area contributed by atoms with Crippen molar-refractivity contribution in [2.75, 3.05) is 0 Å². The summed E-state index contributed by atoms with van der Waals surface area (Å²) in [5.41, 5.74) is 0.545. The number of halogens is 3. The maximum absolute atomic E-state index is 5.78. The molecule has 0 amide bonds. The second-order valence-electron chi connectivity index (χ2n) is 2.27. The molecule has 0 bridgehead atoms. The van der Waals surface area contributed by atoms with Gasteiger partial charge in [0.15, 0.2) is 0 Å². The number of hydrogen-bond donors (Lipinski definition) is 0. The Kier molecular flexibility index (Phi) is 3.59. The van der Waals surface area contributed by atoms with Crippen molar-refractivity contribution in [1.82, 2.24) is 0 Å². The molecule has 9 heavy (non-hydrogen) atoms. The molecule has 1 aliphatic rings. The van der Waals surface area contributed by atoms with Crippen LogP contribution in [-0.2, 0) is 0 Å². The van der Waals surface area contributed by atoms with Gasteiger partial charge in [0.25, 0.3) is 0 Å². The van der Waals surface area contributed by atoms with E-state index in [0.717, 1.165) is 0 Å². The highest BCUT2D eigenvalue weighted by molar-refractivity contribution is 9.09. The van der Waals surface area contributed by atoms with Gasteiger partial charge in [-0.2, -0.15) is 0 Å². The maximum atomic E-state index is 5.78. The van der Waals surface area contributed by atoms with Crippen LogP contribution in [0.5, 0.6) is 0 Å². The Bertz CT molecular complexity index is 99.0. The van der Waals surface area contributed by atoms with Gasteiger partial charge in [-0.15, -0.1) is 0 Å². The Morgan fingerprint density at radius 2 is 2.00 bits per heavy atom. The van der Waals surface area contributed by atoms with E-state index < -0.39 is 6.63 Å². The average Bonchev–Trinajstić information content (AvgIpc) is 2.13. The molecule has 2 unspecified atom stereocenters. The monoisotopic (exact) mass is 248 g/mol. The molecule has 0 aromatic carbocycles. The number of hydrogen-bond acceptors (Lipinski definition) is 0. The van der Waals surface area contributed by atoms with E-state index in [-0.39, 0.29) is 0 Å². The first-order chi connectivity index (χ1) is 4.22. The minimum atomic E-state index is -0.743. The molecule has 0 nitrogen and oxygen atoms in total. The van der Waals surface area contributed by atoms with Crippen molar-refractivity contribution < 1.29 is 0 Å². The Morgan fingerprint density at radius 1 is 1.33 bits per heavy atom. The zero-order chi connectivity index (χ0) is 6.85. The highest BCUT2D eigenvalue weighted by atomic mass is 79.9. The first kappa shape index (κ1) is 8.59. The van der Waals surface area contributed by atoms with E-state index >= 15 is 0 Å². The molecule has 1 saturated carbocycles. The second-order valence-corrected chi connectivity index (χ2v) is 7.34. The predicted octanol–water partition coefficient (Wildman–Crippen LogP) is 4.09. The zero-order valence-electron chi connectivity index (χ0n) is 4.86. The van der Waals surface area contributed by atoms with Gasteiger partial charge in [0, 0.05) is 10.5 Å². The van der Waals surface area contributed by atoms with Crippen LogP contribution in [0.15, 0.2) is 0 Å². The summed E-state index contributed by atoms with van der Waals surface area (Å²) in [6.45, 7) is -0.743. The summed E-state index contributed by atoms with van der Waals surface area (Å²) in [7, 11) is 0. The van der Waals surface area contributed by atoms with Crippen LogP contribution >= 0.6 is 45.0 Å². The first-order valence-electron chi connectivity index (χ1n) is 2.96. The van der Waals surface area contributed by atoms with Crippen LogP contribution < -0.4 is 0 Å². The Hall–Kier alpha value is 1.49. The van der Waals surface area contributed by atoms with Gasteiger partial charge >= 0.3 is 0 Å². The van der Waals surface area contributed by atoms with E-state index in [1.807, 2.05) is 0 Å². The Labute approximate surface area is 74.8 Å². The number of rotatable bonds is 1. The molecule has 54 valence electrons. The van der Waals surface area contributed by atoms with Crippen LogP contribution in [0, 0.1) is 0 Å². The topological polar surface area (TPSA) is 0 Å². The van der Waals surface area contributed by atoms with Crippen LogP contribution in [0.25, 0.3) is 0 Å². The Balaban J connectivity index is 2.40. The van der Waals surface area contributed by atoms with Gasteiger partial charge in [-0.3, -0.25) is 0 Å². The molecule has 4 heteroatoms. The quantitative estimate of drug-likeness (QED) is 0.485. The van der Waals surface area contributed by atoms with E-state index in [9.17, 15) is 0 Å². The number of alkyl halides is 1. The van der Waals surface area contributed by atoms with Gasteiger partial charge in [-0.1, -0.05) is 44.8 Å².